The van der Waals surface area contributed by atoms with Crippen LogP contribution in [0.15, 0.2) is 24.3 Å². The Labute approximate surface area is 268 Å². The number of hydrogen-bond donors (Lipinski definition) is 4. The van der Waals surface area contributed by atoms with Crippen LogP contribution in [0.25, 0.3) is 44.4 Å². The average molecular weight is 627 g/mol. The van der Waals surface area contributed by atoms with Crippen LogP contribution in [0.5, 0.6) is 0 Å². The number of aliphatic carboxylic acids is 2. The minimum atomic E-state index is -0.893. The lowest BCUT2D eigenvalue weighted by Crippen LogP contribution is -1.97. The fourth-order valence-electron chi connectivity index (χ4n) is 6.52. The lowest BCUT2D eigenvalue weighted by Gasteiger charge is -2.10. The maximum absolute atomic E-state index is 11.6. The van der Waals surface area contributed by atoms with Gasteiger partial charge in [0.15, 0.2) is 0 Å². The topological polar surface area (TPSA) is 150 Å². The zero-order valence-electron chi connectivity index (χ0n) is 27.7. The number of ether oxygens (including phenoxy) is 2. The summed E-state index contributed by atoms with van der Waals surface area (Å²) in [5.41, 5.74) is 13.8. The first-order valence-electron chi connectivity index (χ1n) is 15.5. The number of carboxylic acid groups (broad SMARTS) is 2. The molecule has 3 aromatic heterocycles. The summed E-state index contributed by atoms with van der Waals surface area (Å²) in [5.74, 6) is -1.78. The summed E-state index contributed by atoms with van der Waals surface area (Å²) in [6, 6.07) is 7.97. The number of aromatic nitrogens is 4. The molecule has 0 aliphatic carbocycles. The standard InChI is InChI=1S/C36H42N4O6/c1-17-23(9-11-33(41)42)29-16-30-24(10-12-34(43)44)18(2)26(38-30)14-31-36(22(6)46-8)20(4)28(40-31)15-32-35(21(5)45-7)19(3)27(39-32)13-25(17)37-29/h13-16,21-22,39-40H,9-12H2,1-8H3,(H,41,42)(H,43,44). The Morgan fingerprint density at radius 1 is 0.652 bits per heavy atom. The maximum atomic E-state index is 11.6. The van der Waals surface area contributed by atoms with Crippen LogP contribution in [0.2, 0.25) is 0 Å². The van der Waals surface area contributed by atoms with Crippen LogP contribution >= 0.6 is 0 Å². The monoisotopic (exact) mass is 626 g/mol. The smallest absolute Gasteiger partial charge is 0.303 e. The second-order valence-corrected chi connectivity index (χ2v) is 12.1. The van der Waals surface area contributed by atoms with Crippen molar-refractivity contribution in [3.8, 4) is 0 Å². The Morgan fingerprint density at radius 2 is 1.04 bits per heavy atom. The van der Waals surface area contributed by atoms with Gasteiger partial charge in [0.25, 0.3) is 0 Å². The second kappa shape index (κ2) is 13.1. The number of fused-ring (bicyclic) bond motifs is 8. The van der Waals surface area contributed by atoms with Crippen molar-refractivity contribution in [3.05, 3.63) is 69.3 Å². The van der Waals surface area contributed by atoms with Crippen molar-refractivity contribution < 1.29 is 29.3 Å². The third-order valence-electron chi connectivity index (χ3n) is 9.33. The van der Waals surface area contributed by atoms with E-state index in [9.17, 15) is 19.8 Å². The van der Waals surface area contributed by atoms with Gasteiger partial charge in [0, 0.05) is 60.3 Å². The molecule has 2 aliphatic heterocycles. The molecule has 0 radical (unpaired) electrons. The van der Waals surface area contributed by atoms with E-state index in [-0.39, 0.29) is 25.0 Å². The highest BCUT2D eigenvalue weighted by Gasteiger charge is 2.24. The van der Waals surface area contributed by atoms with Gasteiger partial charge in [-0.05, 0) is 112 Å². The second-order valence-electron chi connectivity index (χ2n) is 12.1. The van der Waals surface area contributed by atoms with E-state index in [1.165, 1.54) is 0 Å². The number of H-pyrrole nitrogens is 2. The van der Waals surface area contributed by atoms with Crippen molar-refractivity contribution in [2.24, 2.45) is 0 Å². The van der Waals surface area contributed by atoms with Gasteiger partial charge in [-0.2, -0.15) is 0 Å². The largest absolute Gasteiger partial charge is 0.481 e. The lowest BCUT2D eigenvalue weighted by atomic mass is 9.98. The highest BCUT2D eigenvalue weighted by atomic mass is 16.5. The molecule has 46 heavy (non-hydrogen) atoms. The molecule has 3 aromatic rings. The third-order valence-corrected chi connectivity index (χ3v) is 9.33. The van der Waals surface area contributed by atoms with E-state index in [4.69, 9.17) is 19.4 Å². The van der Waals surface area contributed by atoms with E-state index < -0.39 is 11.9 Å². The zero-order chi connectivity index (χ0) is 33.4. The molecule has 5 rings (SSSR count). The molecule has 8 bridgehead atoms. The van der Waals surface area contributed by atoms with Gasteiger partial charge in [0.1, 0.15) is 0 Å². The fraction of sp³-hybridized carbons (Fsp3) is 0.389. The van der Waals surface area contributed by atoms with E-state index in [1.807, 2.05) is 45.9 Å². The Balaban J connectivity index is 1.96. The number of aryl methyl sites for hydroxylation is 2. The molecule has 242 valence electrons. The van der Waals surface area contributed by atoms with Gasteiger partial charge < -0.3 is 29.7 Å². The summed E-state index contributed by atoms with van der Waals surface area (Å²) in [4.78, 5) is 40.5. The predicted molar refractivity (Wildman–Crippen MR) is 180 cm³/mol. The van der Waals surface area contributed by atoms with Crippen molar-refractivity contribution in [1.82, 2.24) is 19.9 Å². The first-order chi connectivity index (χ1) is 21.8. The minimum absolute atomic E-state index is 0.0456. The van der Waals surface area contributed by atoms with Gasteiger partial charge in [-0.15, -0.1) is 0 Å². The first kappa shape index (κ1) is 32.8. The molecular formula is C36H42N4O6. The maximum Gasteiger partial charge on any atom is 0.303 e. The first-order valence-corrected chi connectivity index (χ1v) is 15.5. The van der Waals surface area contributed by atoms with Crippen molar-refractivity contribution in [2.45, 2.75) is 79.4 Å². The molecule has 2 aliphatic rings. The fourth-order valence-corrected chi connectivity index (χ4v) is 6.52. The predicted octanol–water partition coefficient (Wildman–Crippen LogP) is 7.94. The van der Waals surface area contributed by atoms with Crippen molar-refractivity contribution >= 4 is 56.3 Å². The molecule has 10 heteroatoms. The third kappa shape index (κ3) is 6.15. The summed E-state index contributed by atoms with van der Waals surface area (Å²) in [6.07, 6.45) is 0.106. The molecule has 2 unspecified atom stereocenters. The van der Waals surface area contributed by atoms with Crippen molar-refractivity contribution in [1.29, 1.82) is 0 Å². The number of rotatable bonds is 10. The number of allylic oxidation sites excluding steroid dienone is 4. The van der Waals surface area contributed by atoms with Crippen molar-refractivity contribution in [3.63, 3.8) is 0 Å². The molecule has 5 heterocycles. The van der Waals surface area contributed by atoms with Gasteiger partial charge in [-0.3, -0.25) is 9.59 Å². The summed E-state index contributed by atoms with van der Waals surface area (Å²) < 4.78 is 11.6. The lowest BCUT2D eigenvalue weighted by molar-refractivity contribution is -0.137. The zero-order valence-corrected chi connectivity index (χ0v) is 27.7. The Kier molecular flexibility index (Phi) is 9.32. The van der Waals surface area contributed by atoms with Gasteiger partial charge in [-0.1, -0.05) is 0 Å². The number of carboxylic acids is 2. The summed E-state index contributed by atoms with van der Waals surface area (Å²) in [5, 5.41) is 19.1. The number of carbonyl (C=O) groups is 2. The normalized spacial score (nSPS) is 14.6. The Bertz CT molecular complexity index is 1960. The van der Waals surface area contributed by atoms with E-state index >= 15 is 0 Å². The number of hydrogen-bond acceptors (Lipinski definition) is 6. The molecule has 0 saturated carbocycles. The minimum Gasteiger partial charge on any atom is -0.481 e. The summed E-state index contributed by atoms with van der Waals surface area (Å²) in [7, 11) is 3.38. The Hall–Kier alpha value is -4.54. The molecule has 0 saturated heterocycles. The molecule has 0 fully saturated rings. The van der Waals surface area contributed by atoms with E-state index in [0.717, 1.165) is 72.3 Å². The van der Waals surface area contributed by atoms with Crippen molar-refractivity contribution in [2.75, 3.05) is 14.2 Å². The number of nitrogens with zero attached hydrogens (tertiary/aromatic N) is 2. The van der Waals surface area contributed by atoms with E-state index in [0.29, 0.717) is 29.9 Å². The van der Waals surface area contributed by atoms with Gasteiger partial charge in [0.2, 0.25) is 0 Å². The van der Waals surface area contributed by atoms with Crippen LogP contribution in [0.1, 0.15) is 111 Å². The van der Waals surface area contributed by atoms with Gasteiger partial charge >= 0.3 is 11.9 Å². The highest BCUT2D eigenvalue weighted by Crippen LogP contribution is 2.39. The van der Waals surface area contributed by atoms with Crippen LogP contribution in [0.4, 0.5) is 0 Å². The Morgan fingerprint density at radius 3 is 1.46 bits per heavy atom. The quantitative estimate of drug-likeness (QED) is 0.177. The van der Waals surface area contributed by atoms with Crippen LogP contribution in [-0.4, -0.2) is 56.3 Å². The van der Waals surface area contributed by atoms with E-state index in [2.05, 4.69) is 29.9 Å². The molecule has 0 aromatic carbocycles. The van der Waals surface area contributed by atoms with Crippen LogP contribution in [-0.2, 0) is 19.1 Å². The van der Waals surface area contributed by atoms with Gasteiger partial charge in [0.05, 0.1) is 35.0 Å². The van der Waals surface area contributed by atoms with E-state index in [1.54, 1.807) is 14.2 Å². The molecule has 2 atom stereocenters. The molecule has 10 nitrogen and oxygen atoms in total. The van der Waals surface area contributed by atoms with Crippen LogP contribution < -0.4 is 0 Å². The van der Waals surface area contributed by atoms with Crippen LogP contribution in [0, 0.1) is 13.8 Å². The SMILES string of the molecule is COC(C)c1c(C)c2cc3[nH]c(cc4nc(cc5nc(cc1[nH]2)C(C)=C5CCC(=O)O)C(CCC(=O)O)=C4C)c(C)c3C(C)OC. The van der Waals surface area contributed by atoms with Gasteiger partial charge in [-0.25, -0.2) is 9.97 Å². The highest BCUT2D eigenvalue weighted by molar-refractivity contribution is 5.96. The summed E-state index contributed by atoms with van der Waals surface area (Å²) in [6.45, 7) is 12.1. The average Bonchev–Trinajstić information content (AvgIpc) is 3.67. The molecule has 4 N–H and O–H groups in total. The molecule has 0 spiro atoms. The number of aromatic amines is 2. The molecular weight excluding hydrogens is 584 g/mol. The number of nitrogens with one attached hydrogen (secondary N) is 2. The number of methoxy groups -OCH3 is 2. The van der Waals surface area contributed by atoms with Crippen LogP contribution in [0.3, 0.4) is 0 Å². The summed E-state index contributed by atoms with van der Waals surface area (Å²) >= 11 is 0. The molecule has 0 amide bonds.